The van der Waals surface area contributed by atoms with Crippen molar-refractivity contribution in [3.63, 3.8) is 0 Å². The third kappa shape index (κ3) is 2.89. The Kier molecular flexibility index (Phi) is 4.63. The summed E-state index contributed by atoms with van der Waals surface area (Å²) in [5, 5.41) is 19.5. The topological polar surface area (TPSA) is 106 Å². The molecule has 0 atom stereocenters. The maximum Gasteiger partial charge on any atom is 0.254 e. The fourth-order valence-corrected chi connectivity index (χ4v) is 2.92. The molecule has 1 amide bonds. The van der Waals surface area contributed by atoms with Crippen LogP contribution >= 0.6 is 0 Å². The zero-order valence-corrected chi connectivity index (χ0v) is 14.3. The zero-order chi connectivity index (χ0) is 18.9. The molecule has 2 aromatic carbocycles. The Balaban J connectivity index is 2.21. The van der Waals surface area contributed by atoms with Crippen molar-refractivity contribution in [2.75, 3.05) is 13.2 Å². The minimum Gasteiger partial charge on any atom is -0.395 e. The van der Waals surface area contributed by atoms with E-state index in [-0.39, 0.29) is 18.8 Å². The van der Waals surface area contributed by atoms with Crippen LogP contribution in [0.15, 0.2) is 59.5 Å². The summed E-state index contributed by atoms with van der Waals surface area (Å²) >= 11 is 0. The number of nitrogens with zero attached hydrogens (tertiary/aromatic N) is 1. The summed E-state index contributed by atoms with van der Waals surface area (Å²) in [4.78, 5) is 24.1. The minimum absolute atomic E-state index is 0.0802. The third-order valence-electron chi connectivity index (χ3n) is 4.72. The number of aliphatic hydroxyl groups is 2. The van der Waals surface area contributed by atoms with Gasteiger partial charge in [-0.1, -0.05) is 31.2 Å². The molecule has 0 bridgehead atoms. The van der Waals surface area contributed by atoms with Crippen LogP contribution in [0.5, 0.6) is 0 Å². The Morgan fingerprint density at radius 2 is 1.69 bits per heavy atom. The Bertz CT molecular complexity index is 1020. The molecule has 0 spiro atoms. The average Bonchev–Trinajstić information content (AvgIpc) is 2.68. The van der Waals surface area contributed by atoms with Crippen molar-refractivity contribution in [3.8, 4) is 5.69 Å². The summed E-state index contributed by atoms with van der Waals surface area (Å²) in [5.74, 6) is -0.778. The maximum absolute atomic E-state index is 12.4. The van der Waals surface area contributed by atoms with Gasteiger partial charge >= 0.3 is 0 Å². The first kappa shape index (κ1) is 17.8. The highest BCUT2D eigenvalue weighted by Gasteiger charge is 2.25. The summed E-state index contributed by atoms with van der Waals surface area (Å²) in [7, 11) is 0. The van der Waals surface area contributed by atoms with Gasteiger partial charge in [-0.25, -0.2) is 0 Å². The van der Waals surface area contributed by atoms with Crippen molar-refractivity contribution < 1.29 is 15.0 Å². The van der Waals surface area contributed by atoms with Crippen LogP contribution in [0.4, 0.5) is 0 Å². The van der Waals surface area contributed by atoms with E-state index in [1.165, 1.54) is 6.20 Å². The number of hydrogen-bond donors (Lipinski definition) is 3. The largest absolute Gasteiger partial charge is 0.395 e. The number of rotatable bonds is 5. The fourth-order valence-electron chi connectivity index (χ4n) is 2.92. The maximum atomic E-state index is 12.4. The van der Waals surface area contributed by atoms with Crippen LogP contribution in [-0.2, 0) is 5.41 Å². The predicted molar refractivity (Wildman–Crippen MR) is 99.6 cm³/mol. The molecule has 6 heteroatoms. The van der Waals surface area contributed by atoms with Crippen molar-refractivity contribution in [2.24, 2.45) is 5.73 Å². The molecule has 0 fully saturated rings. The number of amides is 1. The van der Waals surface area contributed by atoms with Gasteiger partial charge < -0.3 is 20.5 Å². The third-order valence-corrected chi connectivity index (χ3v) is 4.72. The van der Waals surface area contributed by atoms with Gasteiger partial charge in [-0.3, -0.25) is 9.59 Å². The number of carbonyl (C=O) groups is 1. The van der Waals surface area contributed by atoms with Gasteiger partial charge in [0.05, 0.1) is 18.7 Å². The van der Waals surface area contributed by atoms with E-state index < -0.39 is 16.8 Å². The summed E-state index contributed by atoms with van der Waals surface area (Å²) in [6.45, 7) is 1.40. The van der Waals surface area contributed by atoms with Crippen LogP contribution in [0, 0.1) is 0 Å². The molecule has 0 aliphatic heterocycles. The molecule has 3 aromatic rings. The number of para-hydroxylation sites is 1. The van der Waals surface area contributed by atoms with Crippen LogP contribution in [-0.4, -0.2) is 33.9 Å². The number of hydrogen-bond acceptors (Lipinski definition) is 4. The number of benzene rings is 2. The van der Waals surface area contributed by atoms with Crippen LogP contribution in [0.2, 0.25) is 0 Å². The van der Waals surface area contributed by atoms with Gasteiger partial charge in [-0.2, -0.15) is 0 Å². The van der Waals surface area contributed by atoms with Gasteiger partial charge in [0.2, 0.25) is 5.43 Å². The van der Waals surface area contributed by atoms with Gasteiger partial charge in [-0.15, -0.1) is 0 Å². The standard InChI is InChI=1S/C20H20N2O4/c1-20(11-23,12-24)13-6-8-14(9-7-13)22-10-16(19(21)26)18(25)15-4-2-3-5-17(15)22/h2-10,23-24H,11-12H2,1H3,(H2,21,26). The van der Waals surface area contributed by atoms with Crippen LogP contribution in [0.25, 0.3) is 16.6 Å². The first-order valence-corrected chi connectivity index (χ1v) is 8.18. The lowest BCUT2D eigenvalue weighted by molar-refractivity contribution is 0.0999. The molecule has 4 N–H and O–H groups in total. The Labute approximate surface area is 150 Å². The Morgan fingerprint density at radius 3 is 2.27 bits per heavy atom. The van der Waals surface area contributed by atoms with E-state index in [4.69, 9.17) is 5.73 Å². The van der Waals surface area contributed by atoms with Gasteiger partial charge in [-0.05, 0) is 29.8 Å². The molecule has 0 aliphatic rings. The summed E-state index contributed by atoms with van der Waals surface area (Å²) in [6.07, 6.45) is 1.44. The smallest absolute Gasteiger partial charge is 0.254 e. The number of aliphatic hydroxyl groups excluding tert-OH is 2. The van der Waals surface area contributed by atoms with E-state index in [1.54, 1.807) is 54.0 Å². The van der Waals surface area contributed by atoms with Gasteiger partial charge in [0.25, 0.3) is 5.91 Å². The number of primary amides is 1. The van der Waals surface area contributed by atoms with E-state index in [2.05, 4.69) is 0 Å². The summed E-state index contributed by atoms with van der Waals surface area (Å²) in [5.41, 5.74) is 6.31. The molecule has 1 heterocycles. The minimum atomic E-state index is -0.778. The number of carbonyl (C=O) groups excluding carboxylic acids is 1. The molecule has 26 heavy (non-hydrogen) atoms. The number of aromatic nitrogens is 1. The van der Waals surface area contributed by atoms with Crippen molar-refractivity contribution >= 4 is 16.8 Å². The fraction of sp³-hybridized carbons (Fsp3) is 0.200. The van der Waals surface area contributed by atoms with Crippen LogP contribution in [0.1, 0.15) is 22.8 Å². The number of pyridine rings is 1. The summed E-state index contributed by atoms with van der Waals surface area (Å²) in [6, 6.07) is 14.2. The van der Waals surface area contributed by atoms with Gasteiger partial charge in [0, 0.05) is 22.7 Å². The van der Waals surface area contributed by atoms with Crippen LogP contribution in [0.3, 0.4) is 0 Å². The molecular formula is C20H20N2O4. The quantitative estimate of drug-likeness (QED) is 0.644. The van der Waals surface area contributed by atoms with E-state index >= 15 is 0 Å². The second-order valence-electron chi connectivity index (χ2n) is 6.55. The molecule has 6 nitrogen and oxygen atoms in total. The van der Waals surface area contributed by atoms with Crippen molar-refractivity contribution in [1.82, 2.24) is 4.57 Å². The van der Waals surface area contributed by atoms with E-state index in [0.717, 1.165) is 11.3 Å². The van der Waals surface area contributed by atoms with E-state index in [0.29, 0.717) is 10.9 Å². The zero-order valence-electron chi connectivity index (χ0n) is 14.3. The Morgan fingerprint density at radius 1 is 1.08 bits per heavy atom. The van der Waals surface area contributed by atoms with Crippen molar-refractivity contribution in [1.29, 1.82) is 0 Å². The molecule has 134 valence electrons. The molecule has 1 aromatic heterocycles. The highest BCUT2D eigenvalue weighted by atomic mass is 16.3. The lowest BCUT2D eigenvalue weighted by atomic mass is 9.84. The molecule has 3 rings (SSSR count). The SMILES string of the molecule is CC(CO)(CO)c1ccc(-n2cc(C(N)=O)c(=O)c3ccccc32)cc1. The highest BCUT2D eigenvalue weighted by Crippen LogP contribution is 2.25. The lowest BCUT2D eigenvalue weighted by Gasteiger charge is -2.25. The molecule has 0 aliphatic carbocycles. The van der Waals surface area contributed by atoms with Gasteiger partial charge in [0.1, 0.15) is 5.56 Å². The number of fused-ring (bicyclic) bond motifs is 1. The highest BCUT2D eigenvalue weighted by molar-refractivity contribution is 5.96. The number of nitrogens with two attached hydrogens (primary N) is 1. The monoisotopic (exact) mass is 352 g/mol. The van der Waals surface area contributed by atoms with Crippen molar-refractivity contribution in [2.45, 2.75) is 12.3 Å². The molecular weight excluding hydrogens is 332 g/mol. The van der Waals surface area contributed by atoms with Crippen molar-refractivity contribution in [3.05, 3.63) is 76.1 Å². The Hall–Kier alpha value is -2.96. The first-order valence-electron chi connectivity index (χ1n) is 8.18. The lowest BCUT2D eigenvalue weighted by Crippen LogP contribution is -2.30. The first-order chi connectivity index (χ1) is 12.4. The molecule has 0 saturated heterocycles. The van der Waals surface area contributed by atoms with E-state index in [1.807, 2.05) is 6.07 Å². The molecule has 0 radical (unpaired) electrons. The second kappa shape index (κ2) is 6.74. The molecule has 0 saturated carbocycles. The van der Waals surface area contributed by atoms with Gasteiger partial charge in [0.15, 0.2) is 0 Å². The van der Waals surface area contributed by atoms with Crippen LogP contribution < -0.4 is 11.2 Å². The second-order valence-corrected chi connectivity index (χ2v) is 6.55. The normalized spacial score (nSPS) is 11.7. The summed E-state index contributed by atoms with van der Waals surface area (Å²) < 4.78 is 1.73. The molecule has 0 unspecified atom stereocenters. The predicted octanol–water partition coefficient (Wildman–Crippen LogP) is 1.33. The van der Waals surface area contributed by atoms with E-state index in [9.17, 15) is 19.8 Å². The average molecular weight is 352 g/mol.